The molecule has 132 valence electrons. The minimum Gasteiger partial charge on any atom is -0.465 e. The molecule has 2 aromatic heterocycles. The second-order valence-corrected chi connectivity index (χ2v) is 7.71. The number of aromatic nitrogens is 1. The zero-order valence-electron chi connectivity index (χ0n) is 14.3. The van der Waals surface area contributed by atoms with E-state index in [9.17, 15) is 8.42 Å². The SMILES string of the molecule is Cc1ccc(CNc2ccc3c(NS(=O)(=O)N(C)C)cccc3n2)o1. The summed E-state index contributed by atoms with van der Waals surface area (Å²) in [5.74, 6) is 2.38. The highest BCUT2D eigenvalue weighted by Crippen LogP contribution is 2.25. The maximum atomic E-state index is 12.0. The minimum absolute atomic E-state index is 0.493. The maximum Gasteiger partial charge on any atom is 0.301 e. The number of benzene rings is 1. The van der Waals surface area contributed by atoms with E-state index in [1.165, 1.54) is 14.1 Å². The van der Waals surface area contributed by atoms with E-state index in [0.717, 1.165) is 21.2 Å². The highest BCUT2D eigenvalue weighted by atomic mass is 32.2. The van der Waals surface area contributed by atoms with Crippen LogP contribution in [0.15, 0.2) is 46.9 Å². The second-order valence-electron chi connectivity index (χ2n) is 5.82. The van der Waals surface area contributed by atoms with Crippen molar-refractivity contribution in [2.24, 2.45) is 0 Å². The zero-order chi connectivity index (χ0) is 18.0. The van der Waals surface area contributed by atoms with Crippen molar-refractivity contribution < 1.29 is 12.8 Å². The van der Waals surface area contributed by atoms with E-state index in [2.05, 4.69) is 15.0 Å². The highest BCUT2D eigenvalue weighted by molar-refractivity contribution is 7.90. The molecule has 2 heterocycles. The largest absolute Gasteiger partial charge is 0.465 e. The van der Waals surface area contributed by atoms with Crippen LogP contribution in [-0.4, -0.2) is 31.8 Å². The lowest BCUT2D eigenvalue weighted by molar-refractivity contribution is 0.490. The van der Waals surface area contributed by atoms with E-state index in [4.69, 9.17) is 4.42 Å². The van der Waals surface area contributed by atoms with Gasteiger partial charge < -0.3 is 9.73 Å². The molecule has 3 aromatic rings. The molecule has 0 bridgehead atoms. The van der Waals surface area contributed by atoms with Gasteiger partial charge in [0.25, 0.3) is 0 Å². The Labute approximate surface area is 146 Å². The van der Waals surface area contributed by atoms with Crippen LogP contribution in [0.4, 0.5) is 11.5 Å². The number of aryl methyl sites for hydroxylation is 1. The van der Waals surface area contributed by atoms with Gasteiger partial charge in [-0.15, -0.1) is 0 Å². The van der Waals surface area contributed by atoms with Gasteiger partial charge in [0.1, 0.15) is 17.3 Å². The van der Waals surface area contributed by atoms with Gasteiger partial charge in [-0.3, -0.25) is 4.72 Å². The molecular formula is C17H20N4O3S. The molecule has 3 rings (SSSR count). The Morgan fingerprint density at radius 2 is 1.92 bits per heavy atom. The highest BCUT2D eigenvalue weighted by Gasteiger charge is 2.15. The van der Waals surface area contributed by atoms with E-state index >= 15 is 0 Å². The van der Waals surface area contributed by atoms with Crippen molar-refractivity contribution in [3.8, 4) is 0 Å². The summed E-state index contributed by atoms with van der Waals surface area (Å²) in [5.41, 5.74) is 1.19. The molecular weight excluding hydrogens is 340 g/mol. The lowest BCUT2D eigenvalue weighted by Gasteiger charge is -2.15. The summed E-state index contributed by atoms with van der Waals surface area (Å²) in [6, 6.07) is 12.8. The molecule has 0 saturated heterocycles. The van der Waals surface area contributed by atoms with Crippen LogP contribution in [-0.2, 0) is 16.8 Å². The molecule has 1 aromatic carbocycles. The molecule has 0 fully saturated rings. The summed E-state index contributed by atoms with van der Waals surface area (Å²) in [6.45, 7) is 2.42. The summed E-state index contributed by atoms with van der Waals surface area (Å²) < 4.78 is 33.3. The normalized spacial score (nSPS) is 11.8. The van der Waals surface area contributed by atoms with Gasteiger partial charge >= 0.3 is 10.2 Å². The number of pyridine rings is 1. The average Bonchev–Trinajstić information content (AvgIpc) is 2.98. The number of rotatable bonds is 6. The third-order valence-electron chi connectivity index (χ3n) is 3.69. The Bertz CT molecular complexity index is 996. The van der Waals surface area contributed by atoms with Crippen molar-refractivity contribution in [2.45, 2.75) is 13.5 Å². The Morgan fingerprint density at radius 1 is 1.12 bits per heavy atom. The van der Waals surface area contributed by atoms with Gasteiger partial charge in [-0.1, -0.05) is 6.07 Å². The fourth-order valence-electron chi connectivity index (χ4n) is 2.33. The van der Waals surface area contributed by atoms with Gasteiger partial charge in [0.05, 0.1) is 17.7 Å². The van der Waals surface area contributed by atoms with Gasteiger partial charge in [-0.2, -0.15) is 12.7 Å². The number of fused-ring (bicyclic) bond motifs is 1. The van der Waals surface area contributed by atoms with Gasteiger partial charge in [-0.05, 0) is 43.3 Å². The number of anilines is 2. The first-order chi connectivity index (χ1) is 11.8. The fourth-order valence-corrected chi connectivity index (χ4v) is 2.97. The molecule has 0 amide bonds. The summed E-state index contributed by atoms with van der Waals surface area (Å²) >= 11 is 0. The van der Waals surface area contributed by atoms with Crippen molar-refractivity contribution in [3.05, 3.63) is 54.0 Å². The fraction of sp³-hybridized carbons (Fsp3) is 0.235. The Hall–Kier alpha value is -2.58. The molecule has 0 atom stereocenters. The predicted octanol–water partition coefficient (Wildman–Crippen LogP) is 2.97. The quantitative estimate of drug-likeness (QED) is 0.706. The molecule has 8 heteroatoms. The molecule has 2 N–H and O–H groups in total. The van der Waals surface area contributed by atoms with Crippen LogP contribution in [0.25, 0.3) is 10.9 Å². The smallest absolute Gasteiger partial charge is 0.301 e. The first kappa shape index (κ1) is 17.2. The summed E-state index contributed by atoms with van der Waals surface area (Å²) in [7, 11) is -0.617. The lowest BCUT2D eigenvalue weighted by Crippen LogP contribution is -2.29. The maximum absolute atomic E-state index is 12.0. The van der Waals surface area contributed by atoms with Crippen LogP contribution in [0.1, 0.15) is 11.5 Å². The molecule has 0 aliphatic carbocycles. The monoisotopic (exact) mass is 360 g/mol. The van der Waals surface area contributed by atoms with Crippen LogP contribution in [0, 0.1) is 6.92 Å². The second kappa shape index (κ2) is 6.73. The molecule has 0 aliphatic heterocycles. The summed E-state index contributed by atoms with van der Waals surface area (Å²) in [6.07, 6.45) is 0. The number of furan rings is 1. The molecule has 7 nitrogen and oxygen atoms in total. The first-order valence-electron chi connectivity index (χ1n) is 7.74. The Balaban J connectivity index is 1.84. The van der Waals surface area contributed by atoms with Crippen molar-refractivity contribution in [2.75, 3.05) is 24.1 Å². The topological polar surface area (TPSA) is 87.5 Å². The molecule has 0 radical (unpaired) electrons. The van der Waals surface area contributed by atoms with Crippen LogP contribution in [0.2, 0.25) is 0 Å². The van der Waals surface area contributed by atoms with Gasteiger partial charge in [0, 0.05) is 19.5 Å². The van der Waals surface area contributed by atoms with Gasteiger partial charge in [0.15, 0.2) is 0 Å². The average molecular weight is 360 g/mol. The van der Waals surface area contributed by atoms with Crippen molar-refractivity contribution >= 4 is 32.6 Å². The molecule has 25 heavy (non-hydrogen) atoms. The van der Waals surface area contributed by atoms with Crippen molar-refractivity contribution in [3.63, 3.8) is 0 Å². The Kier molecular flexibility index (Phi) is 4.65. The van der Waals surface area contributed by atoms with Crippen LogP contribution in [0.5, 0.6) is 0 Å². The Morgan fingerprint density at radius 3 is 2.60 bits per heavy atom. The van der Waals surface area contributed by atoms with Crippen LogP contribution >= 0.6 is 0 Å². The molecule has 0 spiro atoms. The molecule has 0 unspecified atom stereocenters. The lowest BCUT2D eigenvalue weighted by atomic mass is 10.2. The molecule has 0 saturated carbocycles. The number of hydrogen-bond donors (Lipinski definition) is 2. The summed E-state index contributed by atoms with van der Waals surface area (Å²) in [5, 5.41) is 3.93. The standard InChI is InChI=1S/C17H20N4O3S/c1-12-7-8-13(24-12)11-18-17-10-9-14-15(19-17)5-4-6-16(14)20-25(22,23)21(2)3/h4-10,20H,11H2,1-3H3,(H,18,19). The van der Waals surface area contributed by atoms with Crippen molar-refractivity contribution in [1.82, 2.24) is 9.29 Å². The van der Waals surface area contributed by atoms with Gasteiger partial charge in [-0.25, -0.2) is 4.98 Å². The van der Waals surface area contributed by atoms with E-state index < -0.39 is 10.2 Å². The molecule has 0 aliphatic rings. The number of nitrogens with zero attached hydrogens (tertiary/aromatic N) is 2. The summed E-state index contributed by atoms with van der Waals surface area (Å²) in [4.78, 5) is 4.53. The predicted molar refractivity (Wildman–Crippen MR) is 98.7 cm³/mol. The zero-order valence-corrected chi connectivity index (χ0v) is 15.1. The first-order valence-corrected chi connectivity index (χ1v) is 9.18. The third-order valence-corrected chi connectivity index (χ3v) is 5.13. The van der Waals surface area contributed by atoms with Crippen molar-refractivity contribution in [1.29, 1.82) is 0 Å². The van der Waals surface area contributed by atoms with Crippen LogP contribution in [0.3, 0.4) is 0 Å². The van der Waals surface area contributed by atoms with Gasteiger partial charge in [0.2, 0.25) is 0 Å². The number of nitrogens with one attached hydrogen (secondary N) is 2. The van der Waals surface area contributed by atoms with E-state index in [-0.39, 0.29) is 0 Å². The van der Waals surface area contributed by atoms with E-state index in [0.29, 0.717) is 23.6 Å². The van der Waals surface area contributed by atoms with E-state index in [1.54, 1.807) is 12.1 Å². The number of hydrogen-bond acceptors (Lipinski definition) is 5. The third kappa shape index (κ3) is 3.92. The van der Waals surface area contributed by atoms with E-state index in [1.807, 2.05) is 37.3 Å². The van der Waals surface area contributed by atoms with Crippen LogP contribution < -0.4 is 10.0 Å². The minimum atomic E-state index is -3.57.